The van der Waals surface area contributed by atoms with Crippen molar-refractivity contribution in [3.63, 3.8) is 0 Å². The van der Waals surface area contributed by atoms with Crippen LogP contribution in [0.1, 0.15) is 12.5 Å². The van der Waals surface area contributed by atoms with Crippen molar-refractivity contribution in [1.29, 1.82) is 0 Å². The monoisotopic (exact) mass is 160 g/mol. The molecule has 12 heavy (non-hydrogen) atoms. The van der Waals surface area contributed by atoms with Crippen LogP contribution in [0.4, 0.5) is 5.69 Å². The Morgan fingerprint density at radius 1 is 1.25 bits per heavy atom. The predicted octanol–water partition coefficient (Wildman–Crippen LogP) is 3.61. The summed E-state index contributed by atoms with van der Waals surface area (Å²) in [5.41, 5.74) is 2.07. The van der Waals surface area contributed by atoms with Crippen LogP contribution >= 0.6 is 0 Å². The Bertz CT molecular complexity index is 300. The number of nitrogens with zero attached hydrogens (tertiary/aromatic N) is 2. The van der Waals surface area contributed by atoms with Gasteiger partial charge in [0.25, 0.3) is 0 Å². The highest BCUT2D eigenvalue weighted by Gasteiger charge is 1.90. The van der Waals surface area contributed by atoms with Gasteiger partial charge < -0.3 is 0 Å². The van der Waals surface area contributed by atoms with Gasteiger partial charge >= 0.3 is 0 Å². The lowest BCUT2D eigenvalue weighted by molar-refractivity contribution is 1.20. The van der Waals surface area contributed by atoms with Crippen molar-refractivity contribution >= 4 is 5.69 Å². The van der Waals surface area contributed by atoms with Gasteiger partial charge in [0.1, 0.15) is 0 Å². The minimum absolute atomic E-state index is 0.926. The molecule has 0 aliphatic rings. The highest BCUT2D eigenvalue weighted by atomic mass is 15.1. The van der Waals surface area contributed by atoms with Gasteiger partial charge in [-0.2, -0.15) is 10.2 Å². The van der Waals surface area contributed by atoms with Gasteiger partial charge in [0, 0.05) is 6.20 Å². The summed E-state index contributed by atoms with van der Waals surface area (Å²) in [6, 6.07) is 7.91. The zero-order valence-electron chi connectivity index (χ0n) is 7.36. The SMILES string of the molecule is C/C=C\N=Nc1ccccc1C. The second-order valence-corrected chi connectivity index (χ2v) is 2.48. The fraction of sp³-hybridized carbons (Fsp3) is 0.200. The number of benzene rings is 1. The van der Waals surface area contributed by atoms with Gasteiger partial charge in [-0.25, -0.2) is 0 Å². The molecule has 0 spiro atoms. The second-order valence-electron chi connectivity index (χ2n) is 2.48. The first-order valence-electron chi connectivity index (χ1n) is 3.92. The van der Waals surface area contributed by atoms with Crippen LogP contribution < -0.4 is 0 Å². The maximum absolute atomic E-state index is 4.03. The molecule has 0 aliphatic carbocycles. The Morgan fingerprint density at radius 3 is 2.67 bits per heavy atom. The molecular weight excluding hydrogens is 148 g/mol. The number of hydrogen-bond donors (Lipinski definition) is 0. The Balaban J connectivity index is 2.82. The molecule has 62 valence electrons. The molecule has 2 heteroatoms. The average Bonchev–Trinajstić information content (AvgIpc) is 2.09. The standard InChI is InChI=1S/C10H12N2/c1-3-8-11-12-10-7-5-4-6-9(10)2/h3-8H,1-2H3/b8-3-,12-11?. The molecule has 0 amide bonds. The molecular formula is C10H12N2. The highest BCUT2D eigenvalue weighted by molar-refractivity contribution is 5.43. The fourth-order valence-electron chi connectivity index (χ4n) is 0.838. The van der Waals surface area contributed by atoms with Crippen LogP contribution in [0, 0.1) is 6.92 Å². The molecule has 1 rings (SSSR count). The number of hydrogen-bond acceptors (Lipinski definition) is 2. The van der Waals surface area contributed by atoms with E-state index in [2.05, 4.69) is 10.2 Å². The summed E-state index contributed by atoms with van der Waals surface area (Å²) in [4.78, 5) is 0. The zero-order valence-corrected chi connectivity index (χ0v) is 7.36. The number of rotatable bonds is 2. The normalized spacial score (nSPS) is 11.5. The quantitative estimate of drug-likeness (QED) is 0.590. The highest BCUT2D eigenvalue weighted by Crippen LogP contribution is 2.17. The molecule has 0 atom stereocenters. The third kappa shape index (κ3) is 2.31. The molecule has 0 bridgehead atoms. The van der Waals surface area contributed by atoms with Gasteiger partial charge in [-0.05, 0) is 25.5 Å². The first-order chi connectivity index (χ1) is 5.84. The van der Waals surface area contributed by atoms with Crippen LogP contribution in [0.5, 0.6) is 0 Å². The minimum atomic E-state index is 0.926. The number of allylic oxidation sites excluding steroid dienone is 1. The summed E-state index contributed by atoms with van der Waals surface area (Å²) in [5.74, 6) is 0. The predicted molar refractivity (Wildman–Crippen MR) is 50.5 cm³/mol. The second kappa shape index (κ2) is 4.44. The maximum atomic E-state index is 4.03. The van der Waals surface area contributed by atoms with Gasteiger partial charge in [0.05, 0.1) is 5.69 Å². The summed E-state index contributed by atoms with van der Waals surface area (Å²) in [6.07, 6.45) is 3.52. The van der Waals surface area contributed by atoms with Crippen molar-refractivity contribution in [1.82, 2.24) is 0 Å². The molecule has 1 aromatic rings. The molecule has 0 unspecified atom stereocenters. The Kier molecular flexibility index (Phi) is 3.20. The average molecular weight is 160 g/mol. The molecule has 0 N–H and O–H groups in total. The smallest absolute Gasteiger partial charge is 0.0885 e. The zero-order chi connectivity index (χ0) is 8.81. The van der Waals surface area contributed by atoms with Gasteiger partial charge in [-0.1, -0.05) is 24.3 Å². The van der Waals surface area contributed by atoms with Gasteiger partial charge in [-0.15, -0.1) is 0 Å². The van der Waals surface area contributed by atoms with E-state index in [4.69, 9.17) is 0 Å². The summed E-state index contributed by atoms with van der Waals surface area (Å²) in [5, 5.41) is 7.90. The largest absolute Gasteiger partial charge is 0.159 e. The van der Waals surface area contributed by atoms with Crippen LogP contribution in [-0.2, 0) is 0 Å². The topological polar surface area (TPSA) is 24.7 Å². The minimum Gasteiger partial charge on any atom is -0.159 e. The van der Waals surface area contributed by atoms with E-state index in [1.54, 1.807) is 6.20 Å². The summed E-state index contributed by atoms with van der Waals surface area (Å²) in [7, 11) is 0. The van der Waals surface area contributed by atoms with E-state index < -0.39 is 0 Å². The molecule has 0 saturated heterocycles. The van der Waals surface area contributed by atoms with Crippen LogP contribution in [-0.4, -0.2) is 0 Å². The molecule has 0 aliphatic heterocycles. The van der Waals surface area contributed by atoms with Crippen LogP contribution in [0.25, 0.3) is 0 Å². The molecule has 2 nitrogen and oxygen atoms in total. The summed E-state index contributed by atoms with van der Waals surface area (Å²) < 4.78 is 0. The van der Waals surface area contributed by atoms with E-state index in [0.717, 1.165) is 11.3 Å². The number of azo groups is 1. The maximum Gasteiger partial charge on any atom is 0.0885 e. The molecule has 0 saturated carbocycles. The van der Waals surface area contributed by atoms with Crippen molar-refractivity contribution < 1.29 is 0 Å². The summed E-state index contributed by atoms with van der Waals surface area (Å²) in [6.45, 7) is 3.93. The Hall–Kier alpha value is -1.44. The molecule has 0 heterocycles. The lowest BCUT2D eigenvalue weighted by Crippen LogP contribution is -1.69. The first-order valence-corrected chi connectivity index (χ1v) is 3.92. The van der Waals surface area contributed by atoms with Gasteiger partial charge in [0.2, 0.25) is 0 Å². The fourth-order valence-corrected chi connectivity index (χ4v) is 0.838. The van der Waals surface area contributed by atoms with E-state index in [9.17, 15) is 0 Å². The molecule has 0 aromatic heterocycles. The van der Waals surface area contributed by atoms with Crippen molar-refractivity contribution in [2.24, 2.45) is 10.2 Å². The molecule has 0 radical (unpaired) electrons. The van der Waals surface area contributed by atoms with E-state index in [1.165, 1.54) is 0 Å². The summed E-state index contributed by atoms with van der Waals surface area (Å²) >= 11 is 0. The van der Waals surface area contributed by atoms with Crippen LogP contribution in [0.3, 0.4) is 0 Å². The van der Waals surface area contributed by atoms with Crippen molar-refractivity contribution in [2.45, 2.75) is 13.8 Å². The Morgan fingerprint density at radius 2 is 2.00 bits per heavy atom. The van der Waals surface area contributed by atoms with Crippen LogP contribution in [0.15, 0.2) is 46.8 Å². The number of aryl methyl sites for hydroxylation is 1. The van der Waals surface area contributed by atoms with Crippen LogP contribution in [0.2, 0.25) is 0 Å². The van der Waals surface area contributed by atoms with E-state index in [-0.39, 0.29) is 0 Å². The van der Waals surface area contributed by atoms with Crippen molar-refractivity contribution in [2.75, 3.05) is 0 Å². The third-order valence-corrected chi connectivity index (χ3v) is 1.50. The third-order valence-electron chi connectivity index (χ3n) is 1.50. The van der Waals surface area contributed by atoms with E-state index >= 15 is 0 Å². The molecule has 0 fully saturated rings. The Labute approximate surface area is 72.6 Å². The van der Waals surface area contributed by atoms with Crippen molar-refractivity contribution in [3.8, 4) is 0 Å². The van der Waals surface area contributed by atoms with Gasteiger partial charge in [0.15, 0.2) is 0 Å². The van der Waals surface area contributed by atoms with Crippen molar-refractivity contribution in [3.05, 3.63) is 42.1 Å². The lowest BCUT2D eigenvalue weighted by atomic mass is 10.2. The first kappa shape index (κ1) is 8.65. The lowest BCUT2D eigenvalue weighted by Gasteiger charge is -1.94. The van der Waals surface area contributed by atoms with E-state index in [1.807, 2.05) is 44.2 Å². The van der Waals surface area contributed by atoms with Gasteiger partial charge in [-0.3, -0.25) is 0 Å². The van der Waals surface area contributed by atoms with E-state index in [0.29, 0.717) is 0 Å². The molecule has 1 aromatic carbocycles.